The Hall–Kier alpha value is -4.00. The zero-order valence-electron chi connectivity index (χ0n) is 48.6. The summed E-state index contributed by atoms with van der Waals surface area (Å²) in [5.74, 6) is 0.0946. The Bertz CT molecular complexity index is 2030. The molecule has 2 aromatic rings. The van der Waals surface area contributed by atoms with Crippen molar-refractivity contribution in [1.82, 2.24) is 8.61 Å². The summed E-state index contributed by atoms with van der Waals surface area (Å²) >= 11 is 0. The predicted octanol–water partition coefficient (Wildman–Crippen LogP) is 15.8. The van der Waals surface area contributed by atoms with Gasteiger partial charge >= 0.3 is 11.9 Å². The topological polar surface area (TPSA) is 214 Å². The normalized spacial score (nSPS) is 12.7. The van der Waals surface area contributed by atoms with Crippen LogP contribution in [0.5, 0.6) is 0 Å². The van der Waals surface area contributed by atoms with E-state index in [4.69, 9.17) is 9.47 Å². The van der Waals surface area contributed by atoms with Gasteiger partial charge in [0.25, 0.3) is 11.4 Å². The van der Waals surface area contributed by atoms with Gasteiger partial charge in [-0.15, -0.1) is 0 Å². The minimum Gasteiger partial charge on any atom is -0.465 e. The average molecular weight is 1140 g/mol. The van der Waals surface area contributed by atoms with E-state index in [1.165, 1.54) is 135 Å². The minimum absolute atomic E-state index is 0.000910. The van der Waals surface area contributed by atoms with Crippen molar-refractivity contribution in [3.63, 3.8) is 0 Å². The maximum absolute atomic E-state index is 14.2. The number of hydrogen-bond donors (Lipinski definition) is 0. The number of sulfonamides is 2. The molecule has 0 aliphatic rings. The Kier molecular flexibility index (Phi) is 38.5. The number of esters is 2. The van der Waals surface area contributed by atoms with E-state index in [2.05, 4.69) is 27.7 Å². The van der Waals surface area contributed by atoms with Crippen molar-refractivity contribution >= 4 is 43.4 Å². The number of nitro benzene ring substituents is 2. The molecule has 16 nitrogen and oxygen atoms in total. The third kappa shape index (κ3) is 29.5. The molecule has 2 atom stereocenters. The molecule has 0 fully saturated rings. The van der Waals surface area contributed by atoms with Crippen LogP contribution in [-0.2, 0) is 39.1 Å². The van der Waals surface area contributed by atoms with Gasteiger partial charge < -0.3 is 9.47 Å². The molecule has 0 radical (unpaired) electrons. The second kappa shape index (κ2) is 42.8. The molecule has 0 amide bonds. The van der Waals surface area contributed by atoms with Gasteiger partial charge in [0.15, 0.2) is 9.79 Å². The molecule has 446 valence electrons. The lowest BCUT2D eigenvalue weighted by Crippen LogP contribution is -2.35. The van der Waals surface area contributed by atoms with Crippen molar-refractivity contribution in [3.05, 3.63) is 68.8 Å². The van der Waals surface area contributed by atoms with E-state index in [9.17, 15) is 46.7 Å². The van der Waals surface area contributed by atoms with Gasteiger partial charge in [0.05, 0.1) is 23.1 Å². The van der Waals surface area contributed by atoms with E-state index in [1.807, 2.05) is 0 Å². The van der Waals surface area contributed by atoms with Crippen LogP contribution in [0.25, 0.3) is 0 Å². The number of carbonyl (C=O) groups is 2. The molecule has 0 N–H and O–H groups in total. The van der Waals surface area contributed by atoms with Gasteiger partial charge in [0.1, 0.15) is 0 Å². The van der Waals surface area contributed by atoms with Crippen LogP contribution in [0.2, 0.25) is 0 Å². The summed E-state index contributed by atoms with van der Waals surface area (Å²) in [5, 5.41) is 24.0. The summed E-state index contributed by atoms with van der Waals surface area (Å²) in [7, 11) is -8.82. The number of nitro groups is 2. The molecule has 2 aromatic carbocycles. The van der Waals surface area contributed by atoms with Crippen LogP contribution < -0.4 is 0 Å². The lowest BCUT2D eigenvalue weighted by Gasteiger charge is -2.24. The third-order valence-corrected chi connectivity index (χ3v) is 18.7. The molecule has 0 heterocycles. The zero-order chi connectivity index (χ0) is 57.3. The Morgan fingerprint density at radius 3 is 1.01 bits per heavy atom. The van der Waals surface area contributed by atoms with Crippen LogP contribution in [0.15, 0.2) is 58.3 Å². The molecular weight excluding hydrogens is 1030 g/mol. The fourth-order valence-corrected chi connectivity index (χ4v) is 13.4. The number of carbonyl (C=O) groups excluding carboxylic acids is 2. The van der Waals surface area contributed by atoms with Gasteiger partial charge in [0, 0.05) is 51.2 Å². The SMILES string of the molecule is CCCCCCCCC(CCCCCC)COC(=O)CCCCCN(CCCCN(CCCCCC(=O)OCC(CCCCCC)CCCCCCCC)S(=O)(=O)c1ccccc1[N+](=O)[O-])S(=O)(=O)c1ccccc1[N+](=O)[O-]. The Labute approximate surface area is 471 Å². The van der Waals surface area contributed by atoms with Gasteiger partial charge in [-0.1, -0.05) is 193 Å². The van der Waals surface area contributed by atoms with Crippen LogP contribution in [-0.4, -0.2) is 86.6 Å². The van der Waals surface area contributed by atoms with Gasteiger partial charge in [0.2, 0.25) is 20.0 Å². The van der Waals surface area contributed by atoms with Gasteiger partial charge in [-0.3, -0.25) is 29.8 Å². The largest absolute Gasteiger partial charge is 0.465 e. The molecule has 0 aromatic heterocycles. The Morgan fingerprint density at radius 1 is 0.423 bits per heavy atom. The molecule has 0 aliphatic carbocycles. The monoisotopic (exact) mass is 1130 g/mol. The van der Waals surface area contributed by atoms with E-state index in [-0.39, 0.29) is 63.8 Å². The summed E-state index contributed by atoms with van der Waals surface area (Å²) in [6, 6.07) is 10.3. The first kappa shape index (κ1) is 70.1. The van der Waals surface area contributed by atoms with Crippen LogP contribution in [0.1, 0.15) is 246 Å². The highest BCUT2D eigenvalue weighted by molar-refractivity contribution is 7.89. The lowest BCUT2D eigenvalue weighted by molar-refractivity contribution is -0.388. The predicted molar refractivity (Wildman–Crippen MR) is 312 cm³/mol. The Morgan fingerprint density at radius 2 is 0.692 bits per heavy atom. The average Bonchev–Trinajstić information content (AvgIpc) is 3.45. The van der Waals surface area contributed by atoms with Crippen molar-refractivity contribution in [2.45, 2.75) is 256 Å². The molecule has 2 rings (SSSR count). The quantitative estimate of drug-likeness (QED) is 0.0262. The number of rotatable bonds is 51. The first-order valence-electron chi connectivity index (χ1n) is 30.4. The smallest absolute Gasteiger partial charge is 0.305 e. The van der Waals surface area contributed by atoms with Crippen LogP contribution in [0.3, 0.4) is 0 Å². The molecule has 78 heavy (non-hydrogen) atoms. The zero-order valence-corrected chi connectivity index (χ0v) is 50.2. The van der Waals surface area contributed by atoms with E-state index in [0.29, 0.717) is 63.6 Å². The highest BCUT2D eigenvalue weighted by Crippen LogP contribution is 2.30. The maximum Gasteiger partial charge on any atom is 0.305 e. The number of para-hydroxylation sites is 2. The lowest BCUT2D eigenvalue weighted by atomic mass is 9.95. The standard InChI is InChI=1S/C60H102N4O12S2/c1-5-9-13-17-19-25-39-53(37-23-15-11-7-3)51-75-59(65)45-27-21-33-47-61(77(71,72)57-43-31-29-41-55(57)63(67)68)49-35-36-50-62(78(73,74)58-44-32-30-42-56(58)64(69)70)48-34-22-28-46-60(66)76-52-54(38-24-16-12-8-4)40-26-20-18-14-10-6-2/h29-32,41-44,53-54H,5-28,33-40,45-52H2,1-4H3. The first-order chi connectivity index (χ1) is 37.6. The fourth-order valence-electron chi connectivity index (χ4n) is 10.0. The van der Waals surface area contributed by atoms with Crippen LogP contribution in [0, 0.1) is 32.1 Å². The van der Waals surface area contributed by atoms with Crippen molar-refractivity contribution in [2.75, 3.05) is 39.4 Å². The molecule has 18 heteroatoms. The summed E-state index contributed by atoms with van der Waals surface area (Å²) in [6.07, 6.45) is 31.3. The molecular formula is C60H102N4O12S2. The molecule has 0 spiro atoms. The van der Waals surface area contributed by atoms with E-state index >= 15 is 0 Å². The molecule has 2 unspecified atom stereocenters. The van der Waals surface area contributed by atoms with Crippen molar-refractivity contribution in [3.8, 4) is 0 Å². The molecule has 0 saturated heterocycles. The van der Waals surface area contributed by atoms with Gasteiger partial charge in [-0.05, 0) is 88.2 Å². The first-order valence-corrected chi connectivity index (χ1v) is 33.3. The molecule has 0 aliphatic heterocycles. The second-order valence-corrected chi connectivity index (χ2v) is 25.3. The van der Waals surface area contributed by atoms with Crippen molar-refractivity contribution in [1.29, 1.82) is 0 Å². The van der Waals surface area contributed by atoms with Gasteiger partial charge in [-0.25, -0.2) is 16.8 Å². The molecule has 0 bridgehead atoms. The molecule has 0 saturated carbocycles. The number of benzene rings is 2. The second-order valence-electron chi connectivity index (χ2n) is 21.5. The highest BCUT2D eigenvalue weighted by Gasteiger charge is 2.33. The van der Waals surface area contributed by atoms with E-state index in [1.54, 1.807) is 0 Å². The summed E-state index contributed by atoms with van der Waals surface area (Å²) in [5.41, 5.74) is -1.13. The maximum atomic E-state index is 14.2. The van der Waals surface area contributed by atoms with Crippen molar-refractivity contribution in [2.24, 2.45) is 11.8 Å². The van der Waals surface area contributed by atoms with E-state index < -0.39 is 51.1 Å². The number of nitrogens with zero attached hydrogens (tertiary/aromatic N) is 4. The fraction of sp³-hybridized carbons (Fsp3) is 0.767. The minimum atomic E-state index is -4.41. The van der Waals surface area contributed by atoms with Gasteiger partial charge in [-0.2, -0.15) is 8.61 Å². The van der Waals surface area contributed by atoms with Crippen molar-refractivity contribution < 1.29 is 45.7 Å². The number of hydrogen-bond acceptors (Lipinski definition) is 12. The summed E-state index contributed by atoms with van der Waals surface area (Å²) < 4.78 is 70.8. The highest BCUT2D eigenvalue weighted by atomic mass is 32.2. The number of ether oxygens (including phenoxy) is 2. The third-order valence-electron chi connectivity index (χ3n) is 14.8. The Balaban J connectivity index is 2.11. The summed E-state index contributed by atoms with van der Waals surface area (Å²) in [4.78, 5) is 47.5. The summed E-state index contributed by atoms with van der Waals surface area (Å²) in [6.45, 7) is 9.42. The van der Waals surface area contributed by atoms with Crippen LogP contribution >= 0.6 is 0 Å². The number of unbranched alkanes of at least 4 members (excludes halogenated alkanes) is 21. The van der Waals surface area contributed by atoms with Crippen LogP contribution in [0.4, 0.5) is 11.4 Å². The van der Waals surface area contributed by atoms with E-state index in [0.717, 1.165) is 76.3 Å².